The number of hydrogen-bond acceptors (Lipinski definition) is 1. The molecule has 0 unspecified atom stereocenters. The predicted molar refractivity (Wildman–Crippen MR) is 84.4 cm³/mol. The molecule has 0 N–H and O–H groups in total. The van der Waals surface area contributed by atoms with E-state index in [2.05, 4.69) is 0 Å². The quantitative estimate of drug-likeness (QED) is 0.713. The molecule has 0 aliphatic carbocycles. The summed E-state index contributed by atoms with van der Waals surface area (Å²) < 4.78 is 2.01. The van der Waals surface area contributed by atoms with E-state index in [1.54, 1.807) is 0 Å². The van der Waals surface area contributed by atoms with Gasteiger partial charge in [0.05, 0.1) is 0 Å². The maximum absolute atomic E-state index is 12.4. The summed E-state index contributed by atoms with van der Waals surface area (Å²) in [6.07, 6.45) is 3.86. The summed E-state index contributed by atoms with van der Waals surface area (Å²) in [5.41, 5.74) is 1.87. The number of amides is 1. The van der Waals surface area contributed by atoms with E-state index in [9.17, 15) is 4.79 Å². The molecule has 0 saturated carbocycles. The lowest BCUT2D eigenvalue weighted by Crippen LogP contribution is -3.00. The van der Waals surface area contributed by atoms with E-state index in [0.29, 0.717) is 0 Å². The third-order valence-corrected chi connectivity index (χ3v) is 3.69. The Morgan fingerprint density at radius 1 is 1.14 bits per heavy atom. The van der Waals surface area contributed by atoms with Crippen LogP contribution in [0.15, 0.2) is 48.8 Å². The van der Waals surface area contributed by atoms with Crippen molar-refractivity contribution in [3.8, 4) is 0 Å². The van der Waals surface area contributed by atoms with Crippen LogP contribution in [0.4, 0.5) is 0 Å². The summed E-state index contributed by atoms with van der Waals surface area (Å²) in [6, 6.07) is 11.5. The molecule has 2 rings (SSSR count). The van der Waals surface area contributed by atoms with Gasteiger partial charge in [0.2, 0.25) is 0 Å². The summed E-state index contributed by atoms with van der Waals surface area (Å²) >= 11 is 5.89. The van der Waals surface area contributed by atoms with Gasteiger partial charge >= 0.3 is 0 Å². The highest BCUT2D eigenvalue weighted by atomic mass is 35.5. The maximum Gasteiger partial charge on any atom is 0.259 e. The minimum absolute atomic E-state index is 0. The average molecular weight is 339 g/mol. The van der Waals surface area contributed by atoms with Crippen LogP contribution in [0.1, 0.15) is 29.8 Å². The third kappa shape index (κ3) is 4.72. The molecule has 22 heavy (non-hydrogen) atoms. The molecule has 5 heteroatoms. The van der Waals surface area contributed by atoms with Crippen LogP contribution < -0.4 is 17.0 Å². The fraction of sp³-hybridized carbons (Fsp3) is 0.294. The number of hydrogen-bond donors (Lipinski definition) is 0. The van der Waals surface area contributed by atoms with Gasteiger partial charge in [-0.3, -0.25) is 4.79 Å². The minimum Gasteiger partial charge on any atom is -1.00 e. The Balaban J connectivity index is 0.00000242. The Morgan fingerprint density at radius 3 is 2.36 bits per heavy atom. The SMILES string of the molecule is CCN(CC)C(=O)c1ccc[n+](Cc2ccc(Cl)cc2)c1.[Cl-]. The second kappa shape index (κ2) is 8.76. The van der Waals surface area contributed by atoms with Crippen molar-refractivity contribution in [3.05, 3.63) is 64.9 Å². The van der Waals surface area contributed by atoms with Gasteiger partial charge in [0.1, 0.15) is 5.56 Å². The summed E-state index contributed by atoms with van der Waals surface area (Å²) in [4.78, 5) is 14.2. The summed E-state index contributed by atoms with van der Waals surface area (Å²) in [5, 5.41) is 0.731. The molecule has 118 valence electrons. The van der Waals surface area contributed by atoms with Crippen molar-refractivity contribution < 1.29 is 21.8 Å². The van der Waals surface area contributed by atoms with Crippen molar-refractivity contribution in [2.75, 3.05) is 13.1 Å². The Morgan fingerprint density at radius 2 is 1.77 bits per heavy atom. The molecule has 1 aromatic carbocycles. The third-order valence-electron chi connectivity index (χ3n) is 3.43. The number of pyridine rings is 1. The van der Waals surface area contributed by atoms with Crippen LogP contribution in [0.2, 0.25) is 5.02 Å². The molecule has 0 saturated heterocycles. The molecule has 1 amide bonds. The van der Waals surface area contributed by atoms with Crippen LogP contribution in [0.25, 0.3) is 0 Å². The van der Waals surface area contributed by atoms with Crippen molar-refractivity contribution in [3.63, 3.8) is 0 Å². The molecule has 0 aliphatic rings. The van der Waals surface area contributed by atoms with Crippen LogP contribution in [-0.4, -0.2) is 23.9 Å². The summed E-state index contributed by atoms with van der Waals surface area (Å²) in [5.74, 6) is 0.0745. The molecule has 3 nitrogen and oxygen atoms in total. The van der Waals surface area contributed by atoms with Gasteiger partial charge in [-0.15, -0.1) is 0 Å². The number of benzene rings is 1. The number of carbonyl (C=O) groups excluding carboxylic acids is 1. The van der Waals surface area contributed by atoms with E-state index in [1.807, 2.05) is 72.1 Å². The lowest BCUT2D eigenvalue weighted by atomic mass is 10.2. The first kappa shape index (κ1) is 18.5. The fourth-order valence-electron chi connectivity index (χ4n) is 2.24. The normalized spacial score (nSPS) is 9.95. The van der Waals surface area contributed by atoms with Crippen LogP contribution in [0, 0.1) is 0 Å². The molecule has 1 heterocycles. The average Bonchev–Trinajstić information content (AvgIpc) is 2.51. The lowest BCUT2D eigenvalue weighted by molar-refractivity contribution is -0.688. The van der Waals surface area contributed by atoms with Crippen molar-refractivity contribution in [1.29, 1.82) is 0 Å². The monoisotopic (exact) mass is 338 g/mol. The Hall–Kier alpha value is -1.58. The highest BCUT2D eigenvalue weighted by Gasteiger charge is 2.15. The standard InChI is InChI=1S/C17H20ClN2O.ClH/c1-3-20(4-2)17(21)15-6-5-11-19(13-15)12-14-7-9-16(18)10-8-14;/h5-11,13H,3-4,12H2,1-2H3;1H/q+1;/p-1. The van der Waals surface area contributed by atoms with Gasteiger partial charge in [-0.05, 0) is 32.0 Å². The van der Waals surface area contributed by atoms with E-state index in [0.717, 1.165) is 35.8 Å². The lowest BCUT2D eigenvalue weighted by Gasteiger charge is -2.17. The van der Waals surface area contributed by atoms with Gasteiger partial charge in [0.15, 0.2) is 18.9 Å². The first-order chi connectivity index (χ1) is 10.1. The van der Waals surface area contributed by atoms with Crippen molar-refractivity contribution in [1.82, 2.24) is 4.90 Å². The smallest absolute Gasteiger partial charge is 0.259 e. The molecule has 0 aliphatic heterocycles. The van der Waals surface area contributed by atoms with Gasteiger partial charge in [-0.2, -0.15) is 4.57 Å². The Kier molecular flexibility index (Phi) is 7.36. The maximum atomic E-state index is 12.4. The molecular formula is C17H20Cl2N2O. The molecule has 0 radical (unpaired) electrons. The second-order valence-electron chi connectivity index (χ2n) is 4.87. The second-order valence-corrected chi connectivity index (χ2v) is 5.31. The van der Waals surface area contributed by atoms with Gasteiger partial charge in [0.25, 0.3) is 5.91 Å². The van der Waals surface area contributed by atoms with Gasteiger partial charge in [-0.1, -0.05) is 23.7 Å². The van der Waals surface area contributed by atoms with Crippen LogP contribution in [0.3, 0.4) is 0 Å². The van der Waals surface area contributed by atoms with Gasteiger partial charge in [0, 0.05) is 29.7 Å². The van der Waals surface area contributed by atoms with Crippen LogP contribution in [0.5, 0.6) is 0 Å². The Bertz CT molecular complexity index is 610. The van der Waals surface area contributed by atoms with E-state index in [-0.39, 0.29) is 18.3 Å². The number of rotatable bonds is 5. The zero-order valence-electron chi connectivity index (χ0n) is 12.8. The fourth-order valence-corrected chi connectivity index (χ4v) is 2.37. The first-order valence-corrected chi connectivity index (χ1v) is 7.54. The molecule has 0 bridgehead atoms. The first-order valence-electron chi connectivity index (χ1n) is 7.16. The number of halogens is 2. The highest BCUT2D eigenvalue weighted by Crippen LogP contribution is 2.09. The predicted octanol–water partition coefficient (Wildman–Crippen LogP) is 0.162. The Labute approximate surface area is 142 Å². The minimum atomic E-state index is 0. The van der Waals surface area contributed by atoms with E-state index in [4.69, 9.17) is 11.6 Å². The zero-order chi connectivity index (χ0) is 15.2. The molecule has 2 aromatic rings. The van der Waals surface area contributed by atoms with Crippen LogP contribution >= 0.6 is 11.6 Å². The van der Waals surface area contributed by atoms with Gasteiger partial charge < -0.3 is 17.3 Å². The van der Waals surface area contributed by atoms with E-state index < -0.39 is 0 Å². The van der Waals surface area contributed by atoms with Crippen molar-refractivity contribution in [2.24, 2.45) is 0 Å². The van der Waals surface area contributed by atoms with Crippen molar-refractivity contribution in [2.45, 2.75) is 20.4 Å². The van der Waals surface area contributed by atoms with E-state index >= 15 is 0 Å². The molecule has 0 atom stereocenters. The molecule has 0 spiro atoms. The highest BCUT2D eigenvalue weighted by molar-refractivity contribution is 6.30. The molecule has 0 fully saturated rings. The van der Waals surface area contributed by atoms with Crippen molar-refractivity contribution >= 4 is 17.5 Å². The number of aromatic nitrogens is 1. The topological polar surface area (TPSA) is 24.2 Å². The molecule has 1 aromatic heterocycles. The number of nitrogens with zero attached hydrogens (tertiary/aromatic N) is 2. The van der Waals surface area contributed by atoms with Gasteiger partial charge in [-0.25, -0.2) is 0 Å². The zero-order valence-corrected chi connectivity index (χ0v) is 14.3. The van der Waals surface area contributed by atoms with E-state index in [1.165, 1.54) is 0 Å². The summed E-state index contributed by atoms with van der Waals surface area (Å²) in [6.45, 7) is 6.15. The molecular weight excluding hydrogens is 319 g/mol. The summed E-state index contributed by atoms with van der Waals surface area (Å²) in [7, 11) is 0. The largest absolute Gasteiger partial charge is 1.00 e. The van der Waals surface area contributed by atoms with Crippen LogP contribution in [-0.2, 0) is 6.54 Å². The number of carbonyl (C=O) groups is 1.